The molecule has 7 nitrogen and oxygen atoms in total. The van der Waals surface area contributed by atoms with Crippen molar-refractivity contribution in [3.63, 3.8) is 0 Å². The molecule has 2 aromatic carbocycles. The van der Waals surface area contributed by atoms with Gasteiger partial charge in [0.15, 0.2) is 23.0 Å². The summed E-state index contributed by atoms with van der Waals surface area (Å²) in [6, 6.07) is 13.4. The van der Waals surface area contributed by atoms with E-state index < -0.39 is 17.6 Å². The SMILES string of the molecule is CCOC(=O)c1cc(-c2ccc(N3CCOCC3)cc2)c2c(C(C)C)nn(-c3ccc(F)c(F)c3)c2n1. The van der Waals surface area contributed by atoms with E-state index in [0.29, 0.717) is 24.5 Å². The second-order valence-corrected chi connectivity index (χ2v) is 9.17. The van der Waals surface area contributed by atoms with Crippen LogP contribution in [0.1, 0.15) is 42.9 Å². The van der Waals surface area contributed by atoms with Gasteiger partial charge in [0.1, 0.15) is 0 Å². The van der Waals surface area contributed by atoms with Crippen LogP contribution in [0.2, 0.25) is 0 Å². The molecule has 37 heavy (non-hydrogen) atoms. The number of hydrogen-bond acceptors (Lipinski definition) is 6. The maximum absolute atomic E-state index is 14.2. The highest BCUT2D eigenvalue weighted by molar-refractivity contribution is 6.00. The zero-order valence-corrected chi connectivity index (χ0v) is 21.0. The minimum atomic E-state index is -0.993. The molecule has 0 spiro atoms. The summed E-state index contributed by atoms with van der Waals surface area (Å²) in [4.78, 5) is 19.6. The van der Waals surface area contributed by atoms with Crippen LogP contribution >= 0.6 is 0 Å². The van der Waals surface area contributed by atoms with E-state index in [4.69, 9.17) is 14.6 Å². The van der Waals surface area contributed by atoms with Crippen LogP contribution in [0.5, 0.6) is 0 Å². The molecule has 2 aromatic heterocycles. The van der Waals surface area contributed by atoms with Crippen molar-refractivity contribution in [3.8, 4) is 16.8 Å². The van der Waals surface area contributed by atoms with Crippen LogP contribution < -0.4 is 4.90 Å². The molecule has 1 aliphatic rings. The number of carbonyl (C=O) groups excluding carboxylic acids is 1. The Labute approximate surface area is 213 Å². The predicted molar refractivity (Wildman–Crippen MR) is 137 cm³/mol. The van der Waals surface area contributed by atoms with Crippen molar-refractivity contribution < 1.29 is 23.0 Å². The van der Waals surface area contributed by atoms with E-state index in [2.05, 4.69) is 9.88 Å². The van der Waals surface area contributed by atoms with E-state index in [1.54, 1.807) is 13.0 Å². The molecular weight excluding hydrogens is 478 g/mol. The summed E-state index contributed by atoms with van der Waals surface area (Å²) in [7, 11) is 0. The summed E-state index contributed by atoms with van der Waals surface area (Å²) in [6.07, 6.45) is 0. The number of halogens is 2. The maximum atomic E-state index is 14.2. The van der Waals surface area contributed by atoms with Gasteiger partial charge in [-0.2, -0.15) is 5.10 Å². The number of fused-ring (bicyclic) bond motifs is 1. The molecular formula is C28H28F2N4O3. The fourth-order valence-corrected chi connectivity index (χ4v) is 4.55. The van der Waals surface area contributed by atoms with Crippen LogP contribution in [0.15, 0.2) is 48.5 Å². The Balaban J connectivity index is 1.72. The lowest BCUT2D eigenvalue weighted by Crippen LogP contribution is -2.36. The first-order chi connectivity index (χ1) is 17.9. The third-order valence-electron chi connectivity index (χ3n) is 6.40. The molecule has 192 valence electrons. The minimum absolute atomic E-state index is 0.00402. The van der Waals surface area contributed by atoms with Crippen molar-refractivity contribution in [3.05, 3.63) is 71.6 Å². The highest BCUT2D eigenvalue weighted by Crippen LogP contribution is 2.36. The van der Waals surface area contributed by atoms with E-state index in [1.165, 1.54) is 10.7 Å². The van der Waals surface area contributed by atoms with Gasteiger partial charge < -0.3 is 14.4 Å². The molecule has 0 atom stereocenters. The first-order valence-electron chi connectivity index (χ1n) is 12.4. The van der Waals surface area contributed by atoms with Gasteiger partial charge in [0.25, 0.3) is 0 Å². The quantitative estimate of drug-likeness (QED) is 0.322. The summed E-state index contributed by atoms with van der Waals surface area (Å²) in [6.45, 7) is 8.96. The number of ether oxygens (including phenoxy) is 2. The topological polar surface area (TPSA) is 69.5 Å². The van der Waals surface area contributed by atoms with E-state index in [0.717, 1.165) is 53.1 Å². The van der Waals surface area contributed by atoms with E-state index in [1.807, 2.05) is 38.1 Å². The highest BCUT2D eigenvalue weighted by atomic mass is 19.2. The molecule has 0 amide bonds. The first-order valence-corrected chi connectivity index (χ1v) is 12.4. The molecule has 1 saturated heterocycles. The Morgan fingerprint density at radius 2 is 1.73 bits per heavy atom. The van der Waals surface area contributed by atoms with Crippen LogP contribution in [0.25, 0.3) is 27.8 Å². The highest BCUT2D eigenvalue weighted by Gasteiger charge is 2.24. The fourth-order valence-electron chi connectivity index (χ4n) is 4.55. The lowest BCUT2D eigenvalue weighted by atomic mass is 9.97. The Bertz CT molecular complexity index is 1440. The summed E-state index contributed by atoms with van der Waals surface area (Å²) in [5, 5.41) is 5.49. The second kappa shape index (κ2) is 10.3. The Hall–Kier alpha value is -3.85. The van der Waals surface area contributed by atoms with Crippen molar-refractivity contribution in [1.82, 2.24) is 14.8 Å². The molecule has 0 radical (unpaired) electrons. The summed E-state index contributed by atoms with van der Waals surface area (Å²) < 4.78 is 40.0. The van der Waals surface area contributed by atoms with Gasteiger partial charge in [-0.1, -0.05) is 26.0 Å². The number of esters is 1. The smallest absolute Gasteiger partial charge is 0.357 e. The third kappa shape index (κ3) is 4.79. The number of hydrogen-bond donors (Lipinski definition) is 0. The number of nitrogens with zero attached hydrogens (tertiary/aromatic N) is 4. The number of aromatic nitrogens is 3. The molecule has 0 unspecified atom stereocenters. The lowest BCUT2D eigenvalue weighted by Gasteiger charge is -2.29. The van der Waals surface area contributed by atoms with Crippen LogP contribution in [-0.2, 0) is 9.47 Å². The molecule has 5 rings (SSSR count). The normalized spacial score (nSPS) is 13.9. The molecule has 1 fully saturated rings. The van der Waals surface area contributed by atoms with Gasteiger partial charge in [0, 0.05) is 24.8 Å². The fraction of sp³-hybridized carbons (Fsp3) is 0.321. The van der Waals surface area contributed by atoms with Gasteiger partial charge >= 0.3 is 5.97 Å². The zero-order valence-electron chi connectivity index (χ0n) is 21.0. The Morgan fingerprint density at radius 1 is 1.03 bits per heavy atom. The second-order valence-electron chi connectivity index (χ2n) is 9.17. The van der Waals surface area contributed by atoms with Crippen molar-refractivity contribution >= 4 is 22.7 Å². The molecule has 1 aliphatic heterocycles. The number of pyridine rings is 1. The van der Waals surface area contributed by atoms with Crippen LogP contribution in [0.4, 0.5) is 14.5 Å². The standard InChI is InChI=1S/C28H28F2N4O3/c1-4-37-28(35)24-16-21(18-5-7-19(8-6-18)33-11-13-36-14-12-33)25-26(17(2)3)32-34(27(25)31-24)20-9-10-22(29)23(30)15-20/h5-10,15-17H,4,11-14H2,1-3H3. The van der Waals surface area contributed by atoms with Gasteiger partial charge in [0.05, 0.1) is 36.6 Å². The van der Waals surface area contributed by atoms with E-state index >= 15 is 0 Å². The van der Waals surface area contributed by atoms with E-state index in [-0.39, 0.29) is 18.2 Å². The zero-order chi connectivity index (χ0) is 26.1. The largest absolute Gasteiger partial charge is 0.461 e. The molecule has 0 saturated carbocycles. The summed E-state index contributed by atoms with van der Waals surface area (Å²) in [5.41, 5.74) is 4.24. The number of rotatable bonds is 6. The maximum Gasteiger partial charge on any atom is 0.357 e. The van der Waals surface area contributed by atoms with E-state index in [9.17, 15) is 13.6 Å². The predicted octanol–water partition coefficient (Wildman–Crippen LogP) is 5.50. The van der Waals surface area contributed by atoms with Gasteiger partial charge in [-0.25, -0.2) is 23.2 Å². The van der Waals surface area contributed by atoms with Gasteiger partial charge in [-0.05, 0) is 54.3 Å². The van der Waals surface area contributed by atoms with Crippen molar-refractivity contribution in [1.29, 1.82) is 0 Å². The monoisotopic (exact) mass is 506 g/mol. The molecule has 0 bridgehead atoms. The van der Waals surface area contributed by atoms with Crippen molar-refractivity contribution in [2.24, 2.45) is 0 Å². The average molecular weight is 507 g/mol. The van der Waals surface area contributed by atoms with Gasteiger partial charge in [-0.3, -0.25) is 0 Å². The molecule has 0 N–H and O–H groups in total. The molecule has 9 heteroatoms. The lowest BCUT2D eigenvalue weighted by molar-refractivity contribution is 0.0520. The van der Waals surface area contributed by atoms with Crippen LogP contribution in [-0.4, -0.2) is 53.6 Å². The number of morpholine rings is 1. The van der Waals surface area contributed by atoms with Crippen LogP contribution in [0, 0.1) is 11.6 Å². The van der Waals surface area contributed by atoms with Gasteiger partial charge in [0.2, 0.25) is 0 Å². The summed E-state index contributed by atoms with van der Waals surface area (Å²) in [5.74, 6) is -2.52. The number of anilines is 1. The molecule has 0 aliphatic carbocycles. The number of carbonyl (C=O) groups is 1. The molecule has 3 heterocycles. The minimum Gasteiger partial charge on any atom is -0.461 e. The summed E-state index contributed by atoms with van der Waals surface area (Å²) >= 11 is 0. The van der Waals surface area contributed by atoms with Crippen molar-refractivity contribution in [2.45, 2.75) is 26.7 Å². The van der Waals surface area contributed by atoms with Crippen molar-refractivity contribution in [2.75, 3.05) is 37.8 Å². The number of benzene rings is 2. The van der Waals surface area contributed by atoms with Crippen LogP contribution in [0.3, 0.4) is 0 Å². The first kappa shape index (κ1) is 24.8. The third-order valence-corrected chi connectivity index (χ3v) is 6.40. The Kier molecular flexibility index (Phi) is 6.88. The molecule has 4 aromatic rings. The Morgan fingerprint density at radius 3 is 2.38 bits per heavy atom. The van der Waals surface area contributed by atoms with Gasteiger partial charge in [-0.15, -0.1) is 0 Å². The average Bonchev–Trinajstić information content (AvgIpc) is 3.30.